The van der Waals surface area contributed by atoms with Crippen LogP contribution in [0.2, 0.25) is 0 Å². The van der Waals surface area contributed by atoms with E-state index >= 15 is 0 Å². The maximum Gasteiger partial charge on any atom is 0.254 e. The minimum atomic E-state index is -0.109. The van der Waals surface area contributed by atoms with Gasteiger partial charge in [-0.25, -0.2) is 0 Å². The third-order valence-electron chi connectivity index (χ3n) is 2.33. The van der Waals surface area contributed by atoms with Gasteiger partial charge in [-0.3, -0.25) is 4.79 Å². The molecule has 1 aromatic carbocycles. The first-order chi connectivity index (χ1) is 8.58. The summed E-state index contributed by atoms with van der Waals surface area (Å²) in [5, 5.41) is 11.5. The number of carbonyl (C=O) groups excluding carboxylic acids is 1. The number of nitrogens with two attached hydrogens (primary N) is 1. The van der Waals surface area contributed by atoms with E-state index in [1.54, 1.807) is 11.0 Å². The summed E-state index contributed by atoms with van der Waals surface area (Å²) in [5.74, 6) is -0.0793. The Morgan fingerprint density at radius 2 is 2.28 bits per heavy atom. The van der Waals surface area contributed by atoms with Crippen LogP contribution in [0.15, 0.2) is 29.4 Å². The van der Waals surface area contributed by atoms with E-state index in [2.05, 4.69) is 27.7 Å². The summed E-state index contributed by atoms with van der Waals surface area (Å²) in [7, 11) is 0. The summed E-state index contributed by atoms with van der Waals surface area (Å²) in [4.78, 5) is 13.8. The molecule has 0 atom stereocenters. The van der Waals surface area contributed by atoms with Crippen LogP contribution in [0.4, 0.5) is 0 Å². The fourth-order valence-corrected chi connectivity index (χ4v) is 2.10. The van der Waals surface area contributed by atoms with Crippen molar-refractivity contribution in [1.82, 2.24) is 4.90 Å². The highest BCUT2D eigenvalue weighted by molar-refractivity contribution is 14.1. The van der Waals surface area contributed by atoms with Gasteiger partial charge in [-0.1, -0.05) is 18.1 Å². The van der Waals surface area contributed by atoms with Gasteiger partial charge < -0.3 is 15.8 Å². The van der Waals surface area contributed by atoms with Crippen molar-refractivity contribution in [2.24, 2.45) is 10.9 Å². The number of rotatable bonds is 5. The summed E-state index contributed by atoms with van der Waals surface area (Å²) in [5.41, 5.74) is 6.07. The van der Waals surface area contributed by atoms with Crippen molar-refractivity contribution >= 4 is 34.3 Å². The number of halogens is 1. The van der Waals surface area contributed by atoms with Crippen LogP contribution in [-0.4, -0.2) is 34.9 Å². The number of benzene rings is 1. The maximum atomic E-state index is 12.3. The maximum absolute atomic E-state index is 12.3. The molecule has 0 radical (unpaired) electrons. The Morgan fingerprint density at radius 3 is 2.83 bits per heavy atom. The van der Waals surface area contributed by atoms with E-state index in [1.165, 1.54) is 0 Å². The second-order valence-corrected chi connectivity index (χ2v) is 5.07. The van der Waals surface area contributed by atoms with Gasteiger partial charge in [-0.2, -0.15) is 0 Å². The fourth-order valence-electron chi connectivity index (χ4n) is 1.55. The van der Waals surface area contributed by atoms with Gasteiger partial charge >= 0.3 is 0 Å². The van der Waals surface area contributed by atoms with Gasteiger partial charge in [-0.05, 0) is 47.2 Å². The zero-order valence-corrected chi connectivity index (χ0v) is 12.3. The molecular formula is C12H16IN3O2. The molecule has 0 heterocycles. The number of nitrogens with zero attached hydrogens (tertiary/aromatic N) is 2. The number of hydrogen-bond acceptors (Lipinski definition) is 3. The number of hydrogen-bond donors (Lipinski definition) is 2. The van der Waals surface area contributed by atoms with Crippen LogP contribution in [0.5, 0.6) is 0 Å². The zero-order valence-electron chi connectivity index (χ0n) is 10.1. The Kier molecular flexibility index (Phi) is 5.90. The largest absolute Gasteiger partial charge is 0.409 e. The van der Waals surface area contributed by atoms with E-state index in [0.717, 1.165) is 9.99 Å². The minimum Gasteiger partial charge on any atom is -0.409 e. The molecule has 1 rings (SSSR count). The third-order valence-corrected chi connectivity index (χ3v) is 3.00. The van der Waals surface area contributed by atoms with Crippen LogP contribution in [0, 0.1) is 3.57 Å². The van der Waals surface area contributed by atoms with E-state index in [-0.39, 0.29) is 18.3 Å². The molecule has 18 heavy (non-hydrogen) atoms. The molecule has 0 aliphatic heterocycles. The molecular weight excluding hydrogens is 345 g/mol. The molecule has 0 saturated carbocycles. The first-order valence-electron chi connectivity index (χ1n) is 5.59. The monoisotopic (exact) mass is 361 g/mol. The van der Waals surface area contributed by atoms with E-state index in [1.807, 2.05) is 25.1 Å². The topological polar surface area (TPSA) is 78.9 Å². The molecule has 0 spiro atoms. The Labute approximate surface area is 120 Å². The van der Waals surface area contributed by atoms with E-state index in [0.29, 0.717) is 12.1 Å². The Morgan fingerprint density at radius 1 is 1.56 bits per heavy atom. The zero-order chi connectivity index (χ0) is 13.5. The second kappa shape index (κ2) is 7.20. The van der Waals surface area contributed by atoms with Gasteiger partial charge in [0.05, 0.1) is 6.54 Å². The average Bonchev–Trinajstić information content (AvgIpc) is 2.37. The Bertz CT molecular complexity index is 449. The molecule has 0 unspecified atom stereocenters. The van der Waals surface area contributed by atoms with E-state index in [9.17, 15) is 4.79 Å². The van der Waals surface area contributed by atoms with Crippen LogP contribution in [-0.2, 0) is 0 Å². The predicted molar refractivity (Wildman–Crippen MR) is 78.8 cm³/mol. The lowest BCUT2D eigenvalue weighted by molar-refractivity contribution is 0.0778. The molecule has 0 fully saturated rings. The van der Waals surface area contributed by atoms with Crippen molar-refractivity contribution in [2.75, 3.05) is 13.1 Å². The summed E-state index contributed by atoms with van der Waals surface area (Å²) in [6.45, 7) is 2.68. The first-order valence-corrected chi connectivity index (χ1v) is 6.67. The third kappa shape index (κ3) is 4.17. The van der Waals surface area contributed by atoms with Crippen molar-refractivity contribution in [3.8, 4) is 0 Å². The lowest BCUT2D eigenvalue weighted by atomic mass is 10.2. The van der Waals surface area contributed by atoms with Gasteiger partial charge in [-0.15, -0.1) is 0 Å². The van der Waals surface area contributed by atoms with E-state index < -0.39 is 0 Å². The van der Waals surface area contributed by atoms with Crippen molar-refractivity contribution in [3.63, 3.8) is 0 Å². The van der Waals surface area contributed by atoms with Crippen LogP contribution in [0.3, 0.4) is 0 Å². The summed E-state index contributed by atoms with van der Waals surface area (Å²) in [6.07, 6.45) is 0.814. The molecule has 5 nitrogen and oxygen atoms in total. The van der Waals surface area contributed by atoms with Crippen LogP contribution in [0.25, 0.3) is 0 Å². The smallest absolute Gasteiger partial charge is 0.254 e. The molecule has 0 aromatic heterocycles. The molecule has 1 aromatic rings. The number of carbonyl (C=O) groups is 1. The molecule has 0 aliphatic carbocycles. The van der Waals surface area contributed by atoms with Gasteiger partial charge in [0, 0.05) is 15.7 Å². The molecule has 1 amide bonds. The first kappa shape index (κ1) is 14.7. The normalized spacial score (nSPS) is 11.3. The van der Waals surface area contributed by atoms with Gasteiger partial charge in [0.1, 0.15) is 0 Å². The molecule has 0 aliphatic rings. The van der Waals surface area contributed by atoms with Crippen LogP contribution < -0.4 is 5.73 Å². The fraction of sp³-hybridized carbons (Fsp3) is 0.333. The quantitative estimate of drug-likeness (QED) is 0.276. The molecule has 98 valence electrons. The number of amidine groups is 1. The predicted octanol–water partition coefficient (Wildman–Crippen LogP) is 1.89. The lowest BCUT2D eigenvalue weighted by Crippen LogP contribution is -2.39. The molecule has 0 bridgehead atoms. The number of amides is 1. The van der Waals surface area contributed by atoms with Crippen molar-refractivity contribution in [2.45, 2.75) is 13.3 Å². The standard InChI is InChI=1S/C12H16IN3O2/c1-2-6-16(8-11(14)15-18)12(17)9-4-3-5-10(13)7-9/h3-5,7,18H,2,6,8H2,1H3,(H2,14,15). The second-order valence-electron chi connectivity index (χ2n) is 3.83. The van der Waals surface area contributed by atoms with Crippen molar-refractivity contribution < 1.29 is 10.0 Å². The highest BCUT2D eigenvalue weighted by Gasteiger charge is 2.16. The summed E-state index contributed by atoms with van der Waals surface area (Å²) < 4.78 is 0.999. The minimum absolute atomic E-state index is 0.0300. The van der Waals surface area contributed by atoms with Gasteiger partial charge in [0.25, 0.3) is 5.91 Å². The van der Waals surface area contributed by atoms with Gasteiger partial charge in [0.15, 0.2) is 5.84 Å². The Balaban J connectivity index is 2.88. The average molecular weight is 361 g/mol. The van der Waals surface area contributed by atoms with Gasteiger partial charge in [0.2, 0.25) is 0 Å². The van der Waals surface area contributed by atoms with Crippen LogP contribution >= 0.6 is 22.6 Å². The SMILES string of the molecule is CCCN(CC(N)=NO)C(=O)c1cccc(I)c1. The summed E-state index contributed by atoms with van der Waals surface area (Å²) >= 11 is 2.16. The lowest BCUT2D eigenvalue weighted by Gasteiger charge is -2.21. The van der Waals surface area contributed by atoms with Crippen LogP contribution in [0.1, 0.15) is 23.7 Å². The molecule has 0 saturated heterocycles. The summed E-state index contributed by atoms with van der Waals surface area (Å²) in [6, 6.07) is 7.34. The van der Waals surface area contributed by atoms with E-state index in [4.69, 9.17) is 10.9 Å². The highest BCUT2D eigenvalue weighted by atomic mass is 127. The van der Waals surface area contributed by atoms with Crippen molar-refractivity contribution in [3.05, 3.63) is 33.4 Å². The highest BCUT2D eigenvalue weighted by Crippen LogP contribution is 2.10. The Hall–Kier alpha value is -1.31. The molecule has 6 heteroatoms. The number of oxime groups is 1. The van der Waals surface area contributed by atoms with Crippen molar-refractivity contribution in [1.29, 1.82) is 0 Å². The molecule has 3 N–H and O–H groups in total.